The van der Waals surface area contributed by atoms with Crippen LogP contribution >= 0.6 is 55.1 Å². The van der Waals surface area contributed by atoms with Crippen molar-refractivity contribution in [2.24, 2.45) is 11.3 Å². The van der Waals surface area contributed by atoms with Crippen molar-refractivity contribution in [3.63, 3.8) is 0 Å². The van der Waals surface area contributed by atoms with E-state index in [0.29, 0.717) is 11.3 Å². The van der Waals surface area contributed by atoms with E-state index >= 15 is 0 Å². The smallest absolute Gasteiger partial charge is 0.100 e. The Kier molecular flexibility index (Phi) is 3.92. The molecule has 4 heteroatoms. The standard InChI is InChI=1S/C13H14Br2Cl2/c1-12(2)7-10(12)11(14)13(15,17)8-3-5-9(16)6-4-8/h3-6,10-11H,7H2,1-2H3. The highest BCUT2D eigenvalue weighted by atomic mass is 79.9. The maximum atomic E-state index is 6.65. The summed E-state index contributed by atoms with van der Waals surface area (Å²) in [6.07, 6.45) is 1.20. The molecule has 0 amide bonds. The summed E-state index contributed by atoms with van der Waals surface area (Å²) in [4.78, 5) is 0.202. The topological polar surface area (TPSA) is 0 Å². The van der Waals surface area contributed by atoms with Crippen LogP contribution in [0.4, 0.5) is 0 Å². The van der Waals surface area contributed by atoms with Gasteiger partial charge in [0.25, 0.3) is 0 Å². The van der Waals surface area contributed by atoms with Gasteiger partial charge in [-0.25, -0.2) is 0 Å². The van der Waals surface area contributed by atoms with Crippen LogP contribution in [0, 0.1) is 11.3 Å². The first kappa shape index (κ1) is 14.2. The lowest BCUT2D eigenvalue weighted by molar-refractivity contribution is 0.533. The van der Waals surface area contributed by atoms with Gasteiger partial charge in [-0.3, -0.25) is 0 Å². The minimum absolute atomic E-state index is 0.202. The molecule has 1 saturated carbocycles. The minimum Gasteiger partial charge on any atom is -0.100 e. The predicted octanol–water partition coefficient (Wildman–Crippen LogP) is 5.94. The summed E-state index contributed by atoms with van der Waals surface area (Å²) < 4.78 is -0.573. The molecule has 1 aliphatic rings. The summed E-state index contributed by atoms with van der Waals surface area (Å²) in [5.74, 6) is 0.593. The summed E-state index contributed by atoms with van der Waals surface area (Å²) in [6.45, 7) is 4.54. The Hall–Kier alpha value is 0.760. The molecule has 0 heterocycles. The molecule has 0 N–H and O–H groups in total. The van der Waals surface area contributed by atoms with E-state index < -0.39 is 3.78 Å². The molecule has 3 unspecified atom stereocenters. The highest BCUT2D eigenvalue weighted by molar-refractivity contribution is 9.12. The molecule has 0 saturated heterocycles. The SMILES string of the molecule is CC1(C)CC1C(Br)C(Cl)(Br)c1ccc(Cl)cc1. The first-order chi connectivity index (χ1) is 7.75. The number of hydrogen-bond donors (Lipinski definition) is 0. The molecule has 3 atom stereocenters. The lowest BCUT2D eigenvalue weighted by Gasteiger charge is -2.27. The molecular formula is C13H14Br2Cl2. The van der Waals surface area contributed by atoms with Crippen molar-refractivity contribution in [3.8, 4) is 0 Å². The number of halogens is 4. The maximum Gasteiger partial charge on any atom is 0.137 e. The Labute approximate surface area is 129 Å². The lowest BCUT2D eigenvalue weighted by atomic mass is 10.0. The average Bonchev–Trinajstić information content (AvgIpc) is 2.87. The van der Waals surface area contributed by atoms with Crippen molar-refractivity contribution in [1.82, 2.24) is 0 Å². The summed E-state index contributed by atoms with van der Waals surface area (Å²) in [7, 11) is 0. The highest BCUT2D eigenvalue weighted by Gasteiger charge is 2.55. The lowest BCUT2D eigenvalue weighted by Crippen LogP contribution is -2.26. The Morgan fingerprint density at radius 2 is 1.82 bits per heavy atom. The van der Waals surface area contributed by atoms with E-state index in [9.17, 15) is 0 Å². The number of alkyl halides is 3. The molecule has 1 aromatic rings. The third-order valence-electron chi connectivity index (χ3n) is 3.52. The van der Waals surface area contributed by atoms with E-state index in [-0.39, 0.29) is 4.83 Å². The van der Waals surface area contributed by atoms with E-state index in [1.165, 1.54) is 6.42 Å². The van der Waals surface area contributed by atoms with Gasteiger partial charge in [-0.1, -0.05) is 69.4 Å². The zero-order chi connectivity index (χ0) is 12.8. The number of hydrogen-bond acceptors (Lipinski definition) is 0. The van der Waals surface area contributed by atoms with Crippen LogP contribution < -0.4 is 0 Å². The van der Waals surface area contributed by atoms with Gasteiger partial charge in [0.1, 0.15) is 3.78 Å². The van der Waals surface area contributed by atoms with Gasteiger partial charge in [-0.05, 0) is 35.4 Å². The van der Waals surface area contributed by atoms with Crippen LogP contribution in [0.3, 0.4) is 0 Å². The molecule has 0 nitrogen and oxygen atoms in total. The van der Waals surface area contributed by atoms with E-state index in [2.05, 4.69) is 45.7 Å². The van der Waals surface area contributed by atoms with Crippen molar-refractivity contribution >= 4 is 55.1 Å². The molecule has 0 spiro atoms. The second kappa shape index (κ2) is 4.70. The third-order valence-corrected chi connectivity index (χ3v) is 7.38. The summed E-state index contributed by atoms with van der Waals surface area (Å²) in [5, 5.41) is 0.728. The largest absolute Gasteiger partial charge is 0.137 e. The van der Waals surface area contributed by atoms with Gasteiger partial charge in [0.15, 0.2) is 0 Å². The van der Waals surface area contributed by atoms with Gasteiger partial charge < -0.3 is 0 Å². The molecule has 1 fully saturated rings. The van der Waals surface area contributed by atoms with Crippen LogP contribution in [-0.2, 0) is 3.78 Å². The summed E-state index contributed by atoms with van der Waals surface area (Å²) in [6, 6.07) is 7.67. The monoisotopic (exact) mass is 398 g/mol. The van der Waals surface area contributed by atoms with E-state index in [1.807, 2.05) is 24.3 Å². The van der Waals surface area contributed by atoms with Gasteiger partial charge in [0.05, 0.1) is 4.83 Å². The molecule has 0 aliphatic heterocycles. The summed E-state index contributed by atoms with van der Waals surface area (Å²) in [5.41, 5.74) is 1.42. The minimum atomic E-state index is -0.573. The predicted molar refractivity (Wildman–Crippen MR) is 82.5 cm³/mol. The quantitative estimate of drug-likeness (QED) is 0.551. The van der Waals surface area contributed by atoms with Gasteiger partial charge in [0.2, 0.25) is 0 Å². The van der Waals surface area contributed by atoms with Crippen molar-refractivity contribution in [1.29, 1.82) is 0 Å². The second-order valence-corrected chi connectivity index (χ2v) is 9.06. The highest BCUT2D eigenvalue weighted by Crippen LogP contribution is 2.61. The molecule has 0 aromatic heterocycles. The zero-order valence-electron chi connectivity index (χ0n) is 9.68. The fraction of sp³-hybridized carbons (Fsp3) is 0.538. The van der Waals surface area contributed by atoms with Crippen molar-refractivity contribution in [2.75, 3.05) is 0 Å². The van der Waals surface area contributed by atoms with E-state index in [0.717, 1.165) is 10.6 Å². The number of rotatable bonds is 3. The van der Waals surface area contributed by atoms with Gasteiger partial charge >= 0.3 is 0 Å². The molecule has 0 bridgehead atoms. The molecule has 1 aromatic carbocycles. The van der Waals surface area contributed by atoms with Gasteiger partial charge in [-0.15, -0.1) is 11.6 Å². The van der Waals surface area contributed by atoms with Crippen LogP contribution in [0.1, 0.15) is 25.8 Å². The molecule has 0 radical (unpaired) electrons. The first-order valence-electron chi connectivity index (χ1n) is 5.53. The normalized spacial score (nSPS) is 27.3. The first-order valence-corrected chi connectivity index (χ1v) is 7.99. The van der Waals surface area contributed by atoms with Crippen molar-refractivity contribution in [2.45, 2.75) is 28.9 Å². The molecular weight excluding hydrogens is 387 g/mol. The molecule has 94 valence electrons. The van der Waals surface area contributed by atoms with Crippen LogP contribution in [-0.4, -0.2) is 4.83 Å². The van der Waals surface area contributed by atoms with Crippen molar-refractivity contribution in [3.05, 3.63) is 34.9 Å². The third kappa shape index (κ3) is 2.86. The fourth-order valence-corrected chi connectivity index (χ4v) is 4.25. The Balaban J connectivity index is 2.21. The average molecular weight is 401 g/mol. The number of benzene rings is 1. The van der Waals surface area contributed by atoms with Gasteiger partial charge in [0, 0.05) is 5.02 Å². The van der Waals surface area contributed by atoms with Crippen LogP contribution in [0.5, 0.6) is 0 Å². The Morgan fingerprint density at radius 1 is 1.35 bits per heavy atom. The molecule has 1 aliphatic carbocycles. The fourth-order valence-electron chi connectivity index (χ4n) is 2.09. The summed E-state index contributed by atoms with van der Waals surface area (Å²) >= 11 is 19.9. The molecule has 2 rings (SSSR count). The van der Waals surface area contributed by atoms with Crippen LogP contribution in [0.2, 0.25) is 5.02 Å². The zero-order valence-corrected chi connectivity index (χ0v) is 14.4. The van der Waals surface area contributed by atoms with Crippen molar-refractivity contribution < 1.29 is 0 Å². The Morgan fingerprint density at radius 3 is 2.24 bits per heavy atom. The van der Waals surface area contributed by atoms with E-state index in [4.69, 9.17) is 23.2 Å². The van der Waals surface area contributed by atoms with Crippen LogP contribution in [0.25, 0.3) is 0 Å². The Bertz CT molecular complexity index is 412. The van der Waals surface area contributed by atoms with Crippen LogP contribution in [0.15, 0.2) is 24.3 Å². The van der Waals surface area contributed by atoms with Gasteiger partial charge in [-0.2, -0.15) is 0 Å². The maximum absolute atomic E-state index is 6.65. The van der Waals surface area contributed by atoms with E-state index in [1.54, 1.807) is 0 Å². The molecule has 17 heavy (non-hydrogen) atoms. The second-order valence-electron chi connectivity index (χ2n) is 5.33.